The molecule has 0 radical (unpaired) electrons. The van der Waals surface area contributed by atoms with Gasteiger partial charge >= 0.3 is 0 Å². The molecule has 3 heteroatoms. The standard InChI is InChI=1S/C14H15N3/c1-10-7-14(17-9-16-10)12-4-5-13-11(8-12)3-2-6-15-13/h4-5,7-9,15H,2-3,6H2,1H3. The fourth-order valence-corrected chi connectivity index (χ4v) is 2.25. The molecule has 2 aromatic rings. The maximum atomic E-state index is 4.33. The van der Waals surface area contributed by atoms with E-state index in [1.807, 2.05) is 13.0 Å². The Labute approximate surface area is 101 Å². The van der Waals surface area contributed by atoms with Crippen LogP contribution in [0.5, 0.6) is 0 Å². The minimum Gasteiger partial charge on any atom is -0.385 e. The van der Waals surface area contributed by atoms with Crippen LogP contribution in [0.2, 0.25) is 0 Å². The Kier molecular flexibility index (Phi) is 2.52. The zero-order valence-electron chi connectivity index (χ0n) is 9.90. The molecule has 1 aliphatic rings. The van der Waals surface area contributed by atoms with Crippen molar-refractivity contribution in [3.63, 3.8) is 0 Å². The normalized spacial score (nSPS) is 13.9. The number of aryl methyl sites for hydroxylation is 2. The molecule has 0 spiro atoms. The predicted octanol–water partition coefficient (Wildman–Crippen LogP) is 2.81. The highest BCUT2D eigenvalue weighted by atomic mass is 14.9. The van der Waals surface area contributed by atoms with Gasteiger partial charge in [-0.3, -0.25) is 0 Å². The van der Waals surface area contributed by atoms with Crippen LogP contribution < -0.4 is 5.32 Å². The van der Waals surface area contributed by atoms with Crippen molar-refractivity contribution in [1.29, 1.82) is 0 Å². The number of anilines is 1. The van der Waals surface area contributed by atoms with E-state index < -0.39 is 0 Å². The number of nitrogens with zero attached hydrogens (tertiary/aromatic N) is 2. The van der Waals surface area contributed by atoms with Gasteiger partial charge in [-0.2, -0.15) is 0 Å². The molecule has 17 heavy (non-hydrogen) atoms. The van der Waals surface area contributed by atoms with Crippen LogP contribution in [0.3, 0.4) is 0 Å². The second-order valence-corrected chi connectivity index (χ2v) is 4.45. The van der Waals surface area contributed by atoms with E-state index in [4.69, 9.17) is 0 Å². The first-order valence-electron chi connectivity index (χ1n) is 5.99. The van der Waals surface area contributed by atoms with Crippen LogP contribution in [0.4, 0.5) is 5.69 Å². The SMILES string of the molecule is Cc1cc(-c2ccc3c(c2)CCCN3)ncn1. The third-order valence-electron chi connectivity index (χ3n) is 3.14. The van der Waals surface area contributed by atoms with Gasteiger partial charge in [-0.15, -0.1) is 0 Å². The van der Waals surface area contributed by atoms with Crippen LogP contribution in [-0.4, -0.2) is 16.5 Å². The smallest absolute Gasteiger partial charge is 0.116 e. The van der Waals surface area contributed by atoms with Gasteiger partial charge in [0.05, 0.1) is 5.69 Å². The molecule has 86 valence electrons. The maximum absolute atomic E-state index is 4.33. The van der Waals surface area contributed by atoms with Crippen molar-refractivity contribution in [2.24, 2.45) is 0 Å². The van der Waals surface area contributed by atoms with Crippen LogP contribution in [-0.2, 0) is 6.42 Å². The van der Waals surface area contributed by atoms with Gasteiger partial charge in [-0.1, -0.05) is 6.07 Å². The molecule has 0 bridgehead atoms. The largest absolute Gasteiger partial charge is 0.385 e. The van der Waals surface area contributed by atoms with E-state index in [2.05, 4.69) is 33.5 Å². The first kappa shape index (κ1) is 10.3. The highest BCUT2D eigenvalue weighted by Crippen LogP contribution is 2.27. The molecule has 0 aliphatic carbocycles. The first-order chi connectivity index (χ1) is 8.33. The highest BCUT2D eigenvalue weighted by Gasteiger charge is 2.10. The van der Waals surface area contributed by atoms with Crippen LogP contribution in [0.15, 0.2) is 30.6 Å². The van der Waals surface area contributed by atoms with Gasteiger partial charge in [0.25, 0.3) is 0 Å². The Bertz CT molecular complexity index is 549. The van der Waals surface area contributed by atoms with Gasteiger partial charge in [0.2, 0.25) is 0 Å². The van der Waals surface area contributed by atoms with Crippen molar-refractivity contribution in [1.82, 2.24) is 9.97 Å². The first-order valence-corrected chi connectivity index (χ1v) is 5.99. The summed E-state index contributed by atoms with van der Waals surface area (Å²) < 4.78 is 0. The zero-order valence-corrected chi connectivity index (χ0v) is 9.90. The zero-order chi connectivity index (χ0) is 11.7. The van der Waals surface area contributed by atoms with Crippen LogP contribution in [0.1, 0.15) is 17.7 Å². The van der Waals surface area contributed by atoms with Gasteiger partial charge in [0.1, 0.15) is 6.33 Å². The predicted molar refractivity (Wildman–Crippen MR) is 69.0 cm³/mol. The molecule has 0 saturated heterocycles. The Morgan fingerprint density at radius 2 is 2.12 bits per heavy atom. The van der Waals surface area contributed by atoms with Gasteiger partial charge < -0.3 is 5.32 Å². The summed E-state index contributed by atoms with van der Waals surface area (Å²) in [6, 6.07) is 8.54. The molecule has 0 saturated carbocycles. The summed E-state index contributed by atoms with van der Waals surface area (Å²) >= 11 is 0. The average molecular weight is 225 g/mol. The summed E-state index contributed by atoms with van der Waals surface area (Å²) in [7, 11) is 0. The van der Waals surface area contributed by atoms with Crippen molar-refractivity contribution in [2.45, 2.75) is 19.8 Å². The number of nitrogens with one attached hydrogen (secondary N) is 1. The second-order valence-electron chi connectivity index (χ2n) is 4.45. The maximum Gasteiger partial charge on any atom is 0.116 e. The summed E-state index contributed by atoms with van der Waals surface area (Å²) in [5, 5.41) is 3.42. The molecule has 1 N–H and O–H groups in total. The molecule has 1 aliphatic heterocycles. The third-order valence-corrected chi connectivity index (χ3v) is 3.14. The number of aromatic nitrogens is 2. The summed E-state index contributed by atoms with van der Waals surface area (Å²) in [5.74, 6) is 0. The third kappa shape index (κ3) is 2.00. The number of rotatable bonds is 1. The molecule has 0 atom stereocenters. The van der Waals surface area contributed by atoms with E-state index in [1.165, 1.54) is 23.2 Å². The molecule has 0 unspecified atom stereocenters. The van der Waals surface area contributed by atoms with Gasteiger partial charge in [0, 0.05) is 23.5 Å². The lowest BCUT2D eigenvalue weighted by Crippen LogP contribution is -2.11. The minimum atomic E-state index is 1.01. The Hall–Kier alpha value is -1.90. The topological polar surface area (TPSA) is 37.8 Å². The summed E-state index contributed by atoms with van der Waals surface area (Å²) in [6.07, 6.45) is 3.99. The molecule has 1 aromatic heterocycles. The van der Waals surface area contributed by atoms with Crippen molar-refractivity contribution >= 4 is 5.69 Å². The lowest BCUT2D eigenvalue weighted by atomic mass is 9.99. The van der Waals surface area contributed by atoms with Crippen molar-refractivity contribution < 1.29 is 0 Å². The van der Waals surface area contributed by atoms with E-state index in [1.54, 1.807) is 6.33 Å². The fraction of sp³-hybridized carbons (Fsp3) is 0.286. The summed E-state index contributed by atoms with van der Waals surface area (Å²) in [5.41, 5.74) is 5.85. The molecule has 3 nitrogen and oxygen atoms in total. The molecule has 2 heterocycles. The van der Waals surface area contributed by atoms with E-state index in [0.717, 1.165) is 24.4 Å². The van der Waals surface area contributed by atoms with Gasteiger partial charge in [0.15, 0.2) is 0 Å². The van der Waals surface area contributed by atoms with Crippen LogP contribution in [0, 0.1) is 6.92 Å². The summed E-state index contributed by atoms with van der Waals surface area (Å²) in [6.45, 7) is 3.07. The number of hydrogen-bond acceptors (Lipinski definition) is 3. The lowest BCUT2D eigenvalue weighted by Gasteiger charge is -2.18. The molecule has 0 amide bonds. The molecule has 0 fully saturated rings. The Morgan fingerprint density at radius 1 is 1.18 bits per heavy atom. The molecular formula is C14H15N3. The number of fused-ring (bicyclic) bond motifs is 1. The van der Waals surface area contributed by atoms with Crippen molar-refractivity contribution in [3.05, 3.63) is 41.9 Å². The Balaban J connectivity index is 2.04. The second kappa shape index (κ2) is 4.17. The van der Waals surface area contributed by atoms with E-state index in [9.17, 15) is 0 Å². The number of benzene rings is 1. The fourth-order valence-electron chi connectivity index (χ4n) is 2.25. The lowest BCUT2D eigenvalue weighted by molar-refractivity contribution is 0.830. The van der Waals surface area contributed by atoms with E-state index in [-0.39, 0.29) is 0 Å². The molecule has 1 aromatic carbocycles. The van der Waals surface area contributed by atoms with E-state index in [0.29, 0.717) is 0 Å². The highest BCUT2D eigenvalue weighted by molar-refractivity contribution is 5.66. The number of hydrogen-bond donors (Lipinski definition) is 1. The van der Waals surface area contributed by atoms with Crippen LogP contribution in [0.25, 0.3) is 11.3 Å². The van der Waals surface area contributed by atoms with Crippen molar-refractivity contribution in [3.8, 4) is 11.3 Å². The van der Waals surface area contributed by atoms with E-state index >= 15 is 0 Å². The van der Waals surface area contributed by atoms with Gasteiger partial charge in [-0.05, 0) is 43.5 Å². The monoisotopic (exact) mass is 225 g/mol. The van der Waals surface area contributed by atoms with Crippen molar-refractivity contribution in [2.75, 3.05) is 11.9 Å². The van der Waals surface area contributed by atoms with Crippen LogP contribution >= 0.6 is 0 Å². The van der Waals surface area contributed by atoms with Gasteiger partial charge in [-0.25, -0.2) is 9.97 Å². The Morgan fingerprint density at radius 3 is 3.00 bits per heavy atom. The molecule has 3 rings (SSSR count). The quantitative estimate of drug-likeness (QED) is 0.811. The minimum absolute atomic E-state index is 1.01. The summed E-state index contributed by atoms with van der Waals surface area (Å²) in [4.78, 5) is 8.46. The molecular weight excluding hydrogens is 210 g/mol. The average Bonchev–Trinajstić information content (AvgIpc) is 2.38.